The summed E-state index contributed by atoms with van der Waals surface area (Å²) in [7, 11) is 0. The molecule has 37 heavy (non-hydrogen) atoms. The first-order valence-corrected chi connectivity index (χ1v) is 13.8. The molecule has 0 aliphatic carbocycles. The van der Waals surface area contributed by atoms with E-state index in [2.05, 4.69) is 53.1 Å². The molecular formula is C29H42N6O2. The third-order valence-electron chi connectivity index (χ3n) is 7.61. The number of para-hydroxylation sites is 1. The summed E-state index contributed by atoms with van der Waals surface area (Å²) in [4.78, 5) is 37.0. The summed E-state index contributed by atoms with van der Waals surface area (Å²) in [5, 5.41) is 5.94. The number of nitrogens with zero attached hydrogens (tertiary/aromatic N) is 4. The monoisotopic (exact) mass is 506 g/mol. The Hall–Kier alpha value is -2.97. The van der Waals surface area contributed by atoms with Gasteiger partial charge in [-0.2, -0.15) is 0 Å². The van der Waals surface area contributed by atoms with Crippen LogP contribution in [0.1, 0.15) is 63.7 Å². The first-order chi connectivity index (χ1) is 17.8. The van der Waals surface area contributed by atoms with Crippen LogP contribution in [0.5, 0.6) is 0 Å². The van der Waals surface area contributed by atoms with Crippen LogP contribution < -0.4 is 15.5 Å². The molecule has 0 spiro atoms. The fourth-order valence-electron chi connectivity index (χ4n) is 5.62. The Morgan fingerprint density at radius 3 is 2.57 bits per heavy atom. The SMILES string of the molecule is CC(C)N(CCCC1CCN(CCNC(=O)N2c3ccccc3C(=O)Nc3cccnc32)CC1)C(C)C. The maximum atomic E-state index is 13.4. The summed E-state index contributed by atoms with van der Waals surface area (Å²) in [5.41, 5.74) is 1.50. The average Bonchev–Trinajstić information content (AvgIpc) is 3.00. The van der Waals surface area contributed by atoms with Crippen LogP contribution in [-0.2, 0) is 0 Å². The van der Waals surface area contributed by atoms with Crippen LogP contribution in [0.15, 0.2) is 42.6 Å². The van der Waals surface area contributed by atoms with Gasteiger partial charge < -0.3 is 15.5 Å². The minimum absolute atomic E-state index is 0.246. The van der Waals surface area contributed by atoms with Gasteiger partial charge in [-0.05, 0) is 103 Å². The molecule has 1 aromatic heterocycles. The molecule has 0 atom stereocenters. The third kappa shape index (κ3) is 6.67. The summed E-state index contributed by atoms with van der Waals surface area (Å²) in [6, 6.07) is 11.6. The van der Waals surface area contributed by atoms with E-state index in [-0.39, 0.29) is 11.9 Å². The van der Waals surface area contributed by atoms with Gasteiger partial charge in [0.2, 0.25) is 0 Å². The largest absolute Gasteiger partial charge is 0.336 e. The zero-order valence-electron chi connectivity index (χ0n) is 22.7. The number of amides is 3. The Kier molecular flexibility index (Phi) is 9.16. The number of carbonyl (C=O) groups is 2. The molecule has 0 unspecified atom stereocenters. The predicted octanol–water partition coefficient (Wildman–Crippen LogP) is 5.11. The van der Waals surface area contributed by atoms with Crippen LogP contribution in [0.25, 0.3) is 0 Å². The molecule has 8 heteroatoms. The lowest BCUT2D eigenvalue weighted by Crippen LogP contribution is -2.43. The van der Waals surface area contributed by atoms with Gasteiger partial charge in [-0.3, -0.25) is 9.69 Å². The highest BCUT2D eigenvalue weighted by atomic mass is 16.2. The second-order valence-electron chi connectivity index (χ2n) is 10.8. The van der Waals surface area contributed by atoms with Crippen molar-refractivity contribution in [2.24, 2.45) is 5.92 Å². The van der Waals surface area contributed by atoms with E-state index in [0.717, 1.165) is 25.6 Å². The molecule has 2 aromatic rings. The van der Waals surface area contributed by atoms with Crippen LogP contribution in [0.3, 0.4) is 0 Å². The van der Waals surface area contributed by atoms with Crippen molar-refractivity contribution in [3.05, 3.63) is 48.2 Å². The van der Waals surface area contributed by atoms with Crippen LogP contribution >= 0.6 is 0 Å². The fourth-order valence-corrected chi connectivity index (χ4v) is 5.62. The number of pyridine rings is 1. The van der Waals surface area contributed by atoms with Crippen molar-refractivity contribution in [2.75, 3.05) is 42.9 Å². The Balaban J connectivity index is 1.27. The van der Waals surface area contributed by atoms with Gasteiger partial charge in [-0.25, -0.2) is 14.7 Å². The number of rotatable bonds is 9. The zero-order valence-corrected chi connectivity index (χ0v) is 22.7. The summed E-state index contributed by atoms with van der Waals surface area (Å²) >= 11 is 0. The van der Waals surface area contributed by atoms with E-state index in [1.807, 2.05) is 6.07 Å². The van der Waals surface area contributed by atoms with Crippen molar-refractivity contribution >= 4 is 29.1 Å². The molecule has 0 radical (unpaired) electrons. The number of piperidine rings is 1. The lowest BCUT2D eigenvalue weighted by Gasteiger charge is -2.34. The zero-order chi connectivity index (χ0) is 26.4. The Bertz CT molecular complexity index is 1060. The van der Waals surface area contributed by atoms with Crippen LogP contribution in [0.2, 0.25) is 0 Å². The minimum atomic E-state index is -0.279. The van der Waals surface area contributed by atoms with Gasteiger partial charge in [0, 0.05) is 31.4 Å². The highest BCUT2D eigenvalue weighted by Crippen LogP contribution is 2.36. The van der Waals surface area contributed by atoms with E-state index in [1.165, 1.54) is 37.1 Å². The van der Waals surface area contributed by atoms with Gasteiger partial charge in [0.05, 0.1) is 16.9 Å². The molecule has 2 N–H and O–H groups in total. The number of aromatic nitrogens is 1. The number of benzene rings is 1. The molecule has 1 aromatic carbocycles. The van der Waals surface area contributed by atoms with E-state index in [1.54, 1.807) is 36.5 Å². The van der Waals surface area contributed by atoms with E-state index < -0.39 is 0 Å². The first-order valence-electron chi connectivity index (χ1n) is 13.8. The molecule has 2 aliphatic rings. The molecule has 3 heterocycles. The number of fused-ring (bicyclic) bond motifs is 2. The highest BCUT2D eigenvalue weighted by Gasteiger charge is 2.30. The molecule has 4 rings (SSSR count). The molecular weight excluding hydrogens is 464 g/mol. The van der Waals surface area contributed by atoms with Gasteiger partial charge in [0.25, 0.3) is 5.91 Å². The first kappa shape index (κ1) is 27.1. The van der Waals surface area contributed by atoms with Crippen molar-refractivity contribution in [2.45, 2.75) is 65.5 Å². The number of carbonyl (C=O) groups excluding carboxylic acids is 2. The van der Waals surface area contributed by atoms with Crippen LogP contribution in [0.4, 0.5) is 22.0 Å². The number of likely N-dealkylation sites (tertiary alicyclic amines) is 1. The van der Waals surface area contributed by atoms with E-state index in [4.69, 9.17) is 0 Å². The normalized spacial score (nSPS) is 16.5. The van der Waals surface area contributed by atoms with E-state index >= 15 is 0 Å². The predicted molar refractivity (Wildman–Crippen MR) is 150 cm³/mol. The molecule has 0 bridgehead atoms. The fraction of sp³-hybridized carbons (Fsp3) is 0.552. The molecule has 3 amide bonds. The minimum Gasteiger partial charge on any atom is -0.336 e. The van der Waals surface area contributed by atoms with Gasteiger partial charge in [-0.15, -0.1) is 0 Å². The molecule has 1 fully saturated rings. The maximum absolute atomic E-state index is 13.4. The lowest BCUT2D eigenvalue weighted by atomic mass is 9.92. The number of nitrogens with one attached hydrogen (secondary N) is 2. The summed E-state index contributed by atoms with van der Waals surface area (Å²) in [6.45, 7) is 13.8. The van der Waals surface area contributed by atoms with Crippen molar-refractivity contribution in [3.63, 3.8) is 0 Å². The number of anilines is 3. The molecule has 2 aliphatic heterocycles. The van der Waals surface area contributed by atoms with Gasteiger partial charge in [0.15, 0.2) is 5.82 Å². The summed E-state index contributed by atoms with van der Waals surface area (Å²) in [6.07, 6.45) is 6.64. The van der Waals surface area contributed by atoms with Crippen molar-refractivity contribution in [3.8, 4) is 0 Å². The van der Waals surface area contributed by atoms with Crippen molar-refractivity contribution < 1.29 is 9.59 Å². The van der Waals surface area contributed by atoms with Gasteiger partial charge in [0.1, 0.15) is 0 Å². The number of hydrogen-bond donors (Lipinski definition) is 2. The second kappa shape index (κ2) is 12.5. The van der Waals surface area contributed by atoms with Gasteiger partial charge >= 0.3 is 6.03 Å². The second-order valence-corrected chi connectivity index (χ2v) is 10.8. The third-order valence-corrected chi connectivity index (χ3v) is 7.61. The summed E-state index contributed by atoms with van der Waals surface area (Å²) in [5.74, 6) is 0.977. The smallest absolute Gasteiger partial charge is 0.327 e. The van der Waals surface area contributed by atoms with Crippen LogP contribution in [-0.4, -0.2) is 71.5 Å². The molecule has 8 nitrogen and oxygen atoms in total. The Morgan fingerprint density at radius 1 is 1.11 bits per heavy atom. The van der Waals surface area contributed by atoms with Crippen molar-refractivity contribution in [1.82, 2.24) is 20.1 Å². The highest BCUT2D eigenvalue weighted by molar-refractivity contribution is 6.16. The maximum Gasteiger partial charge on any atom is 0.327 e. The molecule has 0 saturated carbocycles. The van der Waals surface area contributed by atoms with Crippen molar-refractivity contribution in [1.29, 1.82) is 0 Å². The Labute approximate surface area is 221 Å². The van der Waals surface area contributed by atoms with E-state index in [9.17, 15) is 9.59 Å². The lowest BCUT2D eigenvalue weighted by molar-refractivity contribution is 0.102. The van der Waals surface area contributed by atoms with Gasteiger partial charge in [-0.1, -0.05) is 12.1 Å². The Morgan fingerprint density at radius 2 is 1.84 bits per heavy atom. The van der Waals surface area contributed by atoms with E-state index in [0.29, 0.717) is 41.4 Å². The van der Waals surface area contributed by atoms with Crippen LogP contribution in [0, 0.1) is 5.92 Å². The molecule has 1 saturated heterocycles. The summed E-state index contributed by atoms with van der Waals surface area (Å²) < 4.78 is 0. The number of hydrogen-bond acceptors (Lipinski definition) is 5. The quantitative estimate of drug-likeness (QED) is 0.494. The topological polar surface area (TPSA) is 80.8 Å². The number of urea groups is 1. The average molecular weight is 507 g/mol. The standard InChI is InChI=1S/C29H42N6O2/c1-21(2)34(22(3)4)17-8-9-23-13-18-33(19-14-23)20-16-31-29(37)35-26-12-6-5-10-24(26)28(36)32-25-11-7-15-30-27(25)35/h5-7,10-12,15,21-23H,8-9,13-14,16-20H2,1-4H3,(H,31,37)(H,32,36). The molecule has 200 valence electrons.